The highest BCUT2D eigenvalue weighted by Gasteiger charge is 2.42. The number of hydrogen-bond acceptors (Lipinski definition) is 0. The van der Waals surface area contributed by atoms with Gasteiger partial charge in [0.15, 0.2) is 8.07 Å². The summed E-state index contributed by atoms with van der Waals surface area (Å²) >= 11 is 0. The molecule has 0 N–H and O–H groups in total. The lowest BCUT2D eigenvalue weighted by atomic mass is 9.95. The maximum absolute atomic E-state index is 2.98. The Kier molecular flexibility index (Phi) is 9.88. The normalized spacial score (nSPS) is 11.8. The fourth-order valence-electron chi connectivity index (χ4n) is 11.2. The molecule has 0 amide bonds. The summed E-state index contributed by atoms with van der Waals surface area (Å²) < 4.78 is 5.01. The maximum Gasteiger partial charge on any atom is 0.179 e. The molecule has 0 saturated carbocycles. The average molecular weight is 895 g/mol. The molecule has 11 aromatic carbocycles. The lowest BCUT2D eigenvalue weighted by molar-refractivity contribution is 1.17. The molecule has 69 heavy (non-hydrogen) atoms. The molecular weight excluding hydrogens is 849 g/mol. The van der Waals surface area contributed by atoms with E-state index >= 15 is 0 Å². The number of benzene rings is 11. The molecule has 0 fully saturated rings. The Morgan fingerprint density at radius 2 is 0.609 bits per heavy atom. The number of aromatic nitrogens is 2. The van der Waals surface area contributed by atoms with E-state index in [2.05, 4.69) is 288 Å². The highest BCUT2D eigenvalue weighted by Crippen LogP contribution is 2.43. The van der Waals surface area contributed by atoms with Crippen LogP contribution in [0, 0.1) is 0 Å². The number of fused-ring (bicyclic) bond motifs is 6. The minimum Gasteiger partial charge on any atom is -0.309 e. The van der Waals surface area contributed by atoms with Gasteiger partial charge >= 0.3 is 0 Å². The van der Waals surface area contributed by atoms with Gasteiger partial charge in [-0.25, -0.2) is 0 Å². The first-order valence-electron chi connectivity index (χ1n) is 23.8. The molecule has 2 aromatic heterocycles. The second-order valence-electron chi connectivity index (χ2n) is 18.0. The molecule has 0 unspecified atom stereocenters. The van der Waals surface area contributed by atoms with Gasteiger partial charge in [-0.1, -0.05) is 237 Å². The van der Waals surface area contributed by atoms with Crippen molar-refractivity contribution in [1.82, 2.24) is 9.13 Å². The molecule has 0 radical (unpaired) electrons. The van der Waals surface area contributed by atoms with Gasteiger partial charge in [0.05, 0.1) is 27.8 Å². The van der Waals surface area contributed by atoms with E-state index in [1.165, 1.54) is 86.7 Å². The van der Waals surface area contributed by atoms with Crippen molar-refractivity contribution in [3.05, 3.63) is 279 Å². The van der Waals surface area contributed by atoms with Gasteiger partial charge in [-0.3, -0.25) is 0 Å². The second-order valence-corrected chi connectivity index (χ2v) is 21.8. The van der Waals surface area contributed by atoms with Crippen molar-refractivity contribution in [2.75, 3.05) is 0 Å². The maximum atomic E-state index is 2.57. The zero-order chi connectivity index (χ0) is 45.7. The monoisotopic (exact) mass is 894 g/mol. The Morgan fingerprint density at radius 3 is 1.09 bits per heavy atom. The predicted octanol–water partition coefficient (Wildman–Crippen LogP) is 14.3. The number of para-hydroxylation sites is 2. The Bertz CT molecular complexity index is 3760. The molecule has 0 bridgehead atoms. The molecule has 0 aliphatic rings. The quantitative estimate of drug-likeness (QED) is 0.101. The molecule has 0 aliphatic heterocycles. The molecule has 324 valence electrons. The van der Waals surface area contributed by atoms with Crippen molar-refractivity contribution in [3.63, 3.8) is 0 Å². The van der Waals surface area contributed by atoms with Crippen LogP contribution in [0.5, 0.6) is 0 Å². The van der Waals surface area contributed by atoms with E-state index in [9.17, 15) is 0 Å². The van der Waals surface area contributed by atoms with E-state index in [0.29, 0.717) is 0 Å². The van der Waals surface area contributed by atoms with Crippen LogP contribution in [0.1, 0.15) is 0 Å². The van der Waals surface area contributed by atoms with Crippen LogP contribution in [0.25, 0.3) is 88.4 Å². The highest BCUT2D eigenvalue weighted by molar-refractivity contribution is 7.20. The Labute approximate surface area is 403 Å². The lowest BCUT2D eigenvalue weighted by Crippen LogP contribution is -2.74. The van der Waals surface area contributed by atoms with Crippen LogP contribution in [-0.4, -0.2) is 17.2 Å². The third-order valence-electron chi connectivity index (χ3n) is 14.3. The van der Waals surface area contributed by atoms with Crippen molar-refractivity contribution in [1.29, 1.82) is 0 Å². The predicted molar refractivity (Wildman–Crippen MR) is 295 cm³/mol. The van der Waals surface area contributed by atoms with Gasteiger partial charge < -0.3 is 9.13 Å². The van der Waals surface area contributed by atoms with Crippen LogP contribution in [-0.2, 0) is 0 Å². The van der Waals surface area contributed by atoms with Gasteiger partial charge in [0.2, 0.25) is 0 Å². The Morgan fingerprint density at radius 1 is 0.232 bits per heavy atom. The average Bonchev–Trinajstić information content (AvgIpc) is 3.94. The summed E-state index contributed by atoms with van der Waals surface area (Å²) in [6.45, 7) is 0. The summed E-state index contributed by atoms with van der Waals surface area (Å²) in [4.78, 5) is 0. The van der Waals surface area contributed by atoms with Crippen molar-refractivity contribution in [2.24, 2.45) is 0 Å². The minimum absolute atomic E-state index is 1.13. The number of nitrogens with zero attached hydrogens (tertiary/aromatic N) is 2. The van der Waals surface area contributed by atoms with Gasteiger partial charge in [0, 0.05) is 38.4 Å². The van der Waals surface area contributed by atoms with Crippen LogP contribution in [0.2, 0.25) is 0 Å². The fraction of sp³-hybridized carbons (Fsp3) is 0. The van der Waals surface area contributed by atoms with Gasteiger partial charge in [0.25, 0.3) is 0 Å². The smallest absolute Gasteiger partial charge is 0.179 e. The van der Waals surface area contributed by atoms with Crippen molar-refractivity contribution in [3.8, 4) is 44.8 Å². The molecule has 13 aromatic rings. The third-order valence-corrected chi connectivity index (χ3v) is 19.0. The summed E-state index contributed by atoms with van der Waals surface area (Å²) in [5.74, 6) is 0. The Balaban J connectivity index is 1.18. The van der Waals surface area contributed by atoms with E-state index in [4.69, 9.17) is 0 Å². The molecular formula is C66H46N2Si. The second kappa shape index (κ2) is 16.8. The first-order chi connectivity index (χ1) is 34.3. The van der Waals surface area contributed by atoms with Crippen LogP contribution in [0.15, 0.2) is 279 Å². The van der Waals surface area contributed by atoms with Crippen molar-refractivity contribution < 1.29 is 0 Å². The summed E-state index contributed by atoms with van der Waals surface area (Å²) in [5, 5.41) is 10.3. The van der Waals surface area contributed by atoms with E-state index in [-0.39, 0.29) is 0 Å². The van der Waals surface area contributed by atoms with E-state index in [0.717, 1.165) is 22.4 Å². The SMILES string of the molecule is c1ccc(-c2ccc3c(c2)c2cc(-n4c5ccccc5c5ccccc54)ccc2n3-c2c(-c3ccccc3)cc([Si](c3ccccc3)(c3ccccc3)c3ccccc3)cc2-c2ccccc2)cc1. The number of rotatable bonds is 9. The molecule has 2 nitrogen and oxygen atoms in total. The van der Waals surface area contributed by atoms with Gasteiger partial charge in [-0.05, 0) is 85.5 Å². The first-order valence-corrected chi connectivity index (χ1v) is 25.8. The van der Waals surface area contributed by atoms with Gasteiger partial charge in [-0.15, -0.1) is 0 Å². The first kappa shape index (κ1) is 40.5. The van der Waals surface area contributed by atoms with Crippen molar-refractivity contribution in [2.45, 2.75) is 0 Å². The molecule has 0 atom stereocenters. The number of hydrogen-bond donors (Lipinski definition) is 0. The third kappa shape index (κ3) is 6.62. The molecule has 2 heterocycles. The molecule has 3 heteroatoms. The van der Waals surface area contributed by atoms with Gasteiger partial charge in [0.1, 0.15) is 0 Å². The summed E-state index contributed by atoms with van der Waals surface area (Å²) in [7, 11) is -2.98. The van der Waals surface area contributed by atoms with E-state index < -0.39 is 8.07 Å². The van der Waals surface area contributed by atoms with E-state index in [1.807, 2.05) is 0 Å². The largest absolute Gasteiger partial charge is 0.309 e. The van der Waals surface area contributed by atoms with Crippen LogP contribution >= 0.6 is 0 Å². The summed E-state index contributed by atoms with van der Waals surface area (Å²) in [5.41, 5.74) is 14.1. The standard InChI is InChI=1S/C66H46N2Si/c1-7-23-47(24-8-1)50-39-41-64-60(43-50)61-44-51(67-62-37-21-19-35-56(62)57-36-20-22-38-63(57)67)40-42-65(61)68(64)66-58(48-25-9-2-10-26-48)45-55(46-59(66)49-27-11-3-12-28-49)69(52-29-13-4-14-30-52,53-31-15-5-16-32-53)54-33-17-6-18-34-54/h1-46H. The topological polar surface area (TPSA) is 9.86 Å². The van der Waals surface area contributed by atoms with Crippen molar-refractivity contribution >= 4 is 72.4 Å². The van der Waals surface area contributed by atoms with Crippen LogP contribution < -0.4 is 20.7 Å². The minimum atomic E-state index is -2.98. The zero-order valence-electron chi connectivity index (χ0n) is 38.0. The van der Waals surface area contributed by atoms with E-state index in [1.54, 1.807) is 0 Å². The molecule has 0 aliphatic carbocycles. The molecule has 13 rings (SSSR count). The van der Waals surface area contributed by atoms with Crippen LogP contribution in [0.3, 0.4) is 0 Å². The van der Waals surface area contributed by atoms with Gasteiger partial charge in [-0.2, -0.15) is 0 Å². The molecule has 0 spiro atoms. The molecule has 0 saturated heterocycles. The van der Waals surface area contributed by atoms with Crippen LogP contribution in [0.4, 0.5) is 0 Å². The summed E-state index contributed by atoms with van der Waals surface area (Å²) in [6, 6.07) is 104. The Hall–Kier alpha value is -8.76. The fourth-order valence-corrected chi connectivity index (χ4v) is 16.0. The summed E-state index contributed by atoms with van der Waals surface area (Å²) in [6.07, 6.45) is 0. The zero-order valence-corrected chi connectivity index (χ0v) is 39.0. The highest BCUT2D eigenvalue weighted by atomic mass is 28.3. The lowest BCUT2D eigenvalue weighted by Gasteiger charge is -2.36.